The first-order valence-electron chi connectivity index (χ1n) is 12.0. The first kappa shape index (κ1) is 24.4. The molecule has 0 atom stereocenters. The first-order chi connectivity index (χ1) is 16.2. The topological polar surface area (TPSA) is 96.0 Å². The number of para-hydroxylation sites is 1. The fourth-order valence-electron chi connectivity index (χ4n) is 4.39. The molecule has 0 unspecified atom stereocenters. The van der Waals surface area contributed by atoms with E-state index in [2.05, 4.69) is 36.1 Å². The number of nitrogens with zero attached hydrogens (tertiary/aromatic N) is 2. The van der Waals surface area contributed by atoms with Crippen molar-refractivity contribution in [3.05, 3.63) is 54.6 Å². The molecule has 0 radical (unpaired) electrons. The van der Waals surface area contributed by atoms with Gasteiger partial charge in [-0.25, -0.2) is 18.1 Å². The van der Waals surface area contributed by atoms with Crippen LogP contribution in [-0.2, 0) is 10.0 Å². The number of hydrogen-bond donors (Lipinski definition) is 3. The average molecular weight is 482 g/mol. The summed E-state index contributed by atoms with van der Waals surface area (Å²) in [6.07, 6.45) is 4.15. The molecule has 4 rings (SSSR count). The van der Waals surface area contributed by atoms with E-state index in [-0.39, 0.29) is 5.54 Å². The fraction of sp³-hybridized carbons (Fsp3) is 0.462. The zero-order valence-corrected chi connectivity index (χ0v) is 21.0. The summed E-state index contributed by atoms with van der Waals surface area (Å²) in [7, 11) is -3.44. The summed E-state index contributed by atoms with van der Waals surface area (Å²) in [6.45, 7) is 7.67. The summed E-state index contributed by atoms with van der Waals surface area (Å²) in [6, 6.07) is 16.6. The maximum absolute atomic E-state index is 12.5. The van der Waals surface area contributed by atoms with Gasteiger partial charge in [0.2, 0.25) is 16.0 Å². The zero-order valence-electron chi connectivity index (χ0n) is 20.2. The van der Waals surface area contributed by atoms with Gasteiger partial charge in [0.15, 0.2) is 0 Å². The molecule has 3 N–H and O–H groups in total. The second kappa shape index (κ2) is 10.3. The highest BCUT2D eigenvalue weighted by Gasteiger charge is 2.23. The van der Waals surface area contributed by atoms with Gasteiger partial charge in [0.1, 0.15) is 5.82 Å². The van der Waals surface area contributed by atoms with Gasteiger partial charge in [-0.3, -0.25) is 0 Å². The number of aromatic nitrogens is 2. The molecule has 1 heterocycles. The minimum atomic E-state index is -3.44. The molecule has 1 fully saturated rings. The predicted molar refractivity (Wildman–Crippen MR) is 138 cm³/mol. The van der Waals surface area contributed by atoms with Gasteiger partial charge >= 0.3 is 0 Å². The van der Waals surface area contributed by atoms with Crippen molar-refractivity contribution in [1.29, 1.82) is 0 Å². The maximum atomic E-state index is 12.5. The number of rotatable bonds is 8. The largest absolute Gasteiger partial charge is 0.365 e. The highest BCUT2D eigenvalue weighted by atomic mass is 32.2. The van der Waals surface area contributed by atoms with Crippen LogP contribution in [0.1, 0.15) is 46.5 Å². The molecule has 0 bridgehead atoms. The van der Waals surface area contributed by atoms with E-state index >= 15 is 0 Å². The Bertz CT molecular complexity index is 1200. The molecule has 0 aliphatic heterocycles. The van der Waals surface area contributed by atoms with Crippen LogP contribution in [0.4, 0.5) is 11.8 Å². The molecule has 0 amide bonds. The van der Waals surface area contributed by atoms with Crippen LogP contribution in [0.3, 0.4) is 0 Å². The molecule has 0 spiro atoms. The van der Waals surface area contributed by atoms with Crippen molar-refractivity contribution in [3.8, 4) is 0 Å². The predicted octanol–water partition coefficient (Wildman–Crippen LogP) is 5.04. The number of benzene rings is 2. The van der Waals surface area contributed by atoms with E-state index in [1.54, 1.807) is 24.3 Å². The molecule has 0 saturated heterocycles. The quantitative estimate of drug-likeness (QED) is 0.417. The minimum absolute atomic E-state index is 0.102. The molecule has 182 valence electrons. The summed E-state index contributed by atoms with van der Waals surface area (Å²) >= 11 is 0. The van der Waals surface area contributed by atoms with Gasteiger partial charge < -0.3 is 10.6 Å². The van der Waals surface area contributed by atoms with Gasteiger partial charge in [0.25, 0.3) is 0 Å². The zero-order chi connectivity index (χ0) is 24.2. The number of hydrogen-bond acceptors (Lipinski definition) is 6. The Morgan fingerprint density at radius 1 is 0.853 bits per heavy atom. The lowest BCUT2D eigenvalue weighted by Gasteiger charge is -2.29. The smallest absolute Gasteiger partial charge is 0.240 e. The van der Waals surface area contributed by atoms with Gasteiger partial charge in [-0.2, -0.15) is 4.98 Å². The molecule has 8 heteroatoms. The lowest BCUT2D eigenvalue weighted by atomic mass is 9.82. The molecule has 1 aromatic heterocycles. The highest BCUT2D eigenvalue weighted by molar-refractivity contribution is 7.89. The van der Waals surface area contributed by atoms with E-state index in [4.69, 9.17) is 9.97 Å². The van der Waals surface area contributed by atoms with E-state index in [0.29, 0.717) is 29.2 Å². The van der Waals surface area contributed by atoms with E-state index in [1.807, 2.05) is 30.3 Å². The fourth-order valence-corrected chi connectivity index (χ4v) is 5.53. The Morgan fingerprint density at radius 2 is 1.47 bits per heavy atom. The van der Waals surface area contributed by atoms with Gasteiger partial charge in [-0.15, -0.1) is 0 Å². The lowest BCUT2D eigenvalue weighted by molar-refractivity contribution is 0.284. The van der Waals surface area contributed by atoms with Crippen LogP contribution >= 0.6 is 0 Å². The van der Waals surface area contributed by atoms with E-state index in [9.17, 15) is 8.42 Å². The third-order valence-corrected chi connectivity index (χ3v) is 7.67. The number of anilines is 2. The molecular formula is C26H35N5O2S. The summed E-state index contributed by atoms with van der Waals surface area (Å²) in [4.78, 5) is 9.80. The lowest BCUT2D eigenvalue weighted by Crippen LogP contribution is -2.32. The highest BCUT2D eigenvalue weighted by Crippen LogP contribution is 2.29. The Hall–Kier alpha value is -2.71. The van der Waals surface area contributed by atoms with Crippen LogP contribution in [0.15, 0.2) is 59.5 Å². The van der Waals surface area contributed by atoms with Crippen LogP contribution in [0.2, 0.25) is 0 Å². The summed E-state index contributed by atoms with van der Waals surface area (Å²) < 4.78 is 27.7. The Morgan fingerprint density at radius 3 is 2.15 bits per heavy atom. The normalized spacial score (nSPS) is 19.1. The van der Waals surface area contributed by atoms with Crippen molar-refractivity contribution in [3.63, 3.8) is 0 Å². The first-order valence-corrected chi connectivity index (χ1v) is 13.5. The monoisotopic (exact) mass is 481 g/mol. The maximum Gasteiger partial charge on any atom is 0.240 e. The second-order valence-electron chi connectivity index (χ2n) is 10.2. The molecule has 1 aliphatic rings. The van der Waals surface area contributed by atoms with E-state index < -0.39 is 10.0 Å². The van der Waals surface area contributed by atoms with Crippen LogP contribution in [0.5, 0.6) is 0 Å². The van der Waals surface area contributed by atoms with Crippen molar-refractivity contribution >= 4 is 32.7 Å². The summed E-state index contributed by atoms with van der Waals surface area (Å²) in [5, 5.41) is 7.97. The summed E-state index contributed by atoms with van der Waals surface area (Å²) in [5.74, 6) is 2.38. The third-order valence-electron chi connectivity index (χ3n) is 6.23. The van der Waals surface area contributed by atoms with E-state index in [1.165, 1.54) is 0 Å². The average Bonchev–Trinajstić information content (AvgIpc) is 2.82. The second-order valence-corrected chi connectivity index (χ2v) is 12.0. The molecule has 3 aromatic rings. The van der Waals surface area contributed by atoms with Crippen LogP contribution in [0, 0.1) is 11.8 Å². The van der Waals surface area contributed by atoms with Gasteiger partial charge in [-0.1, -0.05) is 30.3 Å². The molecule has 1 saturated carbocycles. The number of nitrogens with one attached hydrogen (secondary N) is 3. The molecule has 7 nitrogen and oxygen atoms in total. The van der Waals surface area contributed by atoms with Crippen LogP contribution in [-0.4, -0.2) is 37.0 Å². The Balaban J connectivity index is 1.30. The van der Waals surface area contributed by atoms with Crippen molar-refractivity contribution in [1.82, 2.24) is 14.7 Å². The SMILES string of the molecule is CC(C)(C)Nc1nc(NCC2CCC(CNS(=O)(=O)c3ccccc3)CC2)nc2ccccc12. The van der Waals surface area contributed by atoms with Crippen molar-refractivity contribution in [2.75, 3.05) is 23.7 Å². The van der Waals surface area contributed by atoms with E-state index in [0.717, 1.165) is 48.9 Å². The third kappa shape index (κ3) is 6.45. The molecular weight excluding hydrogens is 446 g/mol. The van der Waals surface area contributed by atoms with Gasteiger partial charge in [-0.05, 0) is 82.6 Å². The molecule has 2 aromatic carbocycles. The van der Waals surface area contributed by atoms with Gasteiger partial charge in [0, 0.05) is 24.0 Å². The van der Waals surface area contributed by atoms with Crippen molar-refractivity contribution in [2.45, 2.75) is 56.9 Å². The summed E-state index contributed by atoms with van der Waals surface area (Å²) in [5.41, 5.74) is 0.815. The van der Waals surface area contributed by atoms with Gasteiger partial charge in [0.05, 0.1) is 10.4 Å². The molecule has 1 aliphatic carbocycles. The Kier molecular flexibility index (Phi) is 7.38. The van der Waals surface area contributed by atoms with Crippen molar-refractivity contribution < 1.29 is 8.42 Å². The van der Waals surface area contributed by atoms with Crippen molar-refractivity contribution in [2.24, 2.45) is 11.8 Å². The van der Waals surface area contributed by atoms with Crippen LogP contribution < -0.4 is 15.4 Å². The number of fused-ring (bicyclic) bond motifs is 1. The van der Waals surface area contributed by atoms with Crippen LogP contribution in [0.25, 0.3) is 10.9 Å². The standard InChI is InChI=1S/C26H35N5O2S/c1-26(2,3)31-24-22-11-7-8-12-23(22)29-25(30-24)27-17-19-13-15-20(16-14-19)18-28-34(32,33)21-9-5-4-6-10-21/h4-12,19-20,28H,13-18H2,1-3H3,(H2,27,29,30,31). The Labute approximate surface area is 202 Å². The molecule has 34 heavy (non-hydrogen) atoms. The number of sulfonamides is 1. The minimum Gasteiger partial charge on any atom is -0.365 e.